The molecule has 1 amide bonds. The predicted molar refractivity (Wildman–Crippen MR) is 91.3 cm³/mol. The van der Waals surface area contributed by atoms with Gasteiger partial charge in [-0.05, 0) is 59.8 Å². The van der Waals surface area contributed by atoms with Crippen LogP contribution in [0.2, 0.25) is 0 Å². The van der Waals surface area contributed by atoms with Crippen molar-refractivity contribution in [3.8, 4) is 11.5 Å². The molecule has 0 fully saturated rings. The molecule has 0 heterocycles. The molecule has 2 aromatic carbocycles. The maximum Gasteiger partial charge on any atom is 0.255 e. The van der Waals surface area contributed by atoms with Gasteiger partial charge in [0.2, 0.25) is 0 Å². The van der Waals surface area contributed by atoms with Gasteiger partial charge in [-0.25, -0.2) is 0 Å². The number of anilines is 1. The first-order valence-corrected chi connectivity index (χ1v) is 7.60. The highest BCUT2D eigenvalue weighted by atomic mass is 127. The Bertz CT molecular complexity index is 643. The molecular weight excluding hydrogens is 381 g/mol. The van der Waals surface area contributed by atoms with E-state index >= 15 is 0 Å². The minimum absolute atomic E-state index is 0.178. The molecule has 0 aliphatic rings. The van der Waals surface area contributed by atoms with Crippen LogP contribution in [-0.2, 0) is 0 Å². The third kappa shape index (κ3) is 3.87. The Morgan fingerprint density at radius 3 is 2.62 bits per heavy atom. The number of methoxy groups -OCH3 is 1. The summed E-state index contributed by atoms with van der Waals surface area (Å²) < 4.78 is 11.7. The lowest BCUT2D eigenvalue weighted by atomic mass is 10.2. The van der Waals surface area contributed by atoms with Gasteiger partial charge in [0, 0.05) is 9.13 Å². The van der Waals surface area contributed by atoms with Crippen molar-refractivity contribution in [2.45, 2.75) is 6.92 Å². The molecule has 0 aromatic heterocycles. The normalized spacial score (nSPS) is 10.0. The molecule has 0 atom stereocenters. The Balaban J connectivity index is 2.23. The van der Waals surface area contributed by atoms with Crippen molar-refractivity contribution in [2.24, 2.45) is 0 Å². The highest BCUT2D eigenvalue weighted by molar-refractivity contribution is 14.1. The van der Waals surface area contributed by atoms with Gasteiger partial charge in [-0.3, -0.25) is 4.79 Å². The molecule has 2 aromatic rings. The van der Waals surface area contributed by atoms with E-state index in [1.807, 2.05) is 31.2 Å². The summed E-state index contributed by atoms with van der Waals surface area (Å²) >= 11 is 2.19. The highest BCUT2D eigenvalue weighted by Gasteiger charge is 2.12. The molecule has 0 aliphatic heterocycles. The standard InChI is InChI=1S/C16H16INO3/c1-3-21-15-10-11(8-9-14(15)20-2)16(19)18-13-7-5-4-6-12(13)17/h4-10H,3H2,1-2H3,(H,18,19). The van der Waals surface area contributed by atoms with Crippen LogP contribution in [0.5, 0.6) is 11.5 Å². The van der Waals surface area contributed by atoms with Crippen LogP contribution in [0.15, 0.2) is 42.5 Å². The van der Waals surface area contributed by atoms with Crippen LogP contribution >= 0.6 is 22.6 Å². The number of nitrogens with one attached hydrogen (secondary N) is 1. The molecule has 1 N–H and O–H groups in total. The number of ether oxygens (including phenoxy) is 2. The van der Waals surface area contributed by atoms with Crippen LogP contribution in [0.4, 0.5) is 5.69 Å². The van der Waals surface area contributed by atoms with Gasteiger partial charge in [0.05, 0.1) is 19.4 Å². The first-order chi connectivity index (χ1) is 10.2. The van der Waals surface area contributed by atoms with Crippen LogP contribution in [0, 0.1) is 3.57 Å². The zero-order valence-electron chi connectivity index (χ0n) is 11.9. The van der Waals surface area contributed by atoms with E-state index in [1.54, 1.807) is 25.3 Å². The summed E-state index contributed by atoms with van der Waals surface area (Å²) in [5.41, 5.74) is 1.32. The number of hydrogen-bond donors (Lipinski definition) is 1. The Morgan fingerprint density at radius 1 is 1.19 bits per heavy atom. The van der Waals surface area contributed by atoms with Crippen LogP contribution in [0.3, 0.4) is 0 Å². The van der Waals surface area contributed by atoms with E-state index in [2.05, 4.69) is 27.9 Å². The SMILES string of the molecule is CCOc1cc(C(=O)Nc2ccccc2I)ccc1OC. The van der Waals surface area contributed by atoms with E-state index in [4.69, 9.17) is 9.47 Å². The molecule has 21 heavy (non-hydrogen) atoms. The molecule has 0 radical (unpaired) electrons. The van der Waals surface area contributed by atoms with E-state index in [0.717, 1.165) is 9.26 Å². The second-order valence-electron chi connectivity index (χ2n) is 4.23. The van der Waals surface area contributed by atoms with Crippen molar-refractivity contribution in [3.63, 3.8) is 0 Å². The molecule has 0 spiro atoms. The summed E-state index contributed by atoms with van der Waals surface area (Å²) in [4.78, 5) is 12.3. The lowest BCUT2D eigenvalue weighted by Gasteiger charge is -2.12. The third-order valence-electron chi connectivity index (χ3n) is 2.85. The summed E-state index contributed by atoms with van der Waals surface area (Å²) in [7, 11) is 1.57. The van der Waals surface area contributed by atoms with Gasteiger partial charge in [-0.1, -0.05) is 12.1 Å². The zero-order chi connectivity index (χ0) is 15.2. The summed E-state index contributed by atoms with van der Waals surface area (Å²) in [5, 5.41) is 2.89. The zero-order valence-corrected chi connectivity index (χ0v) is 14.0. The second kappa shape index (κ2) is 7.31. The van der Waals surface area contributed by atoms with E-state index in [0.29, 0.717) is 23.7 Å². The van der Waals surface area contributed by atoms with Gasteiger partial charge in [0.15, 0.2) is 11.5 Å². The van der Waals surface area contributed by atoms with E-state index in [9.17, 15) is 4.79 Å². The van der Waals surface area contributed by atoms with Crippen LogP contribution in [0.25, 0.3) is 0 Å². The Morgan fingerprint density at radius 2 is 1.95 bits per heavy atom. The van der Waals surface area contributed by atoms with Gasteiger partial charge < -0.3 is 14.8 Å². The van der Waals surface area contributed by atoms with E-state index in [-0.39, 0.29) is 5.91 Å². The predicted octanol–water partition coefficient (Wildman–Crippen LogP) is 3.95. The minimum Gasteiger partial charge on any atom is -0.493 e. The molecule has 5 heteroatoms. The number of benzene rings is 2. The number of hydrogen-bond acceptors (Lipinski definition) is 3. The van der Waals surface area contributed by atoms with Gasteiger partial charge in [0.1, 0.15) is 0 Å². The number of halogens is 1. The number of carbonyl (C=O) groups excluding carboxylic acids is 1. The number of carbonyl (C=O) groups is 1. The molecule has 4 nitrogen and oxygen atoms in total. The van der Waals surface area contributed by atoms with Crippen LogP contribution < -0.4 is 14.8 Å². The van der Waals surface area contributed by atoms with Gasteiger partial charge in [-0.15, -0.1) is 0 Å². The molecule has 0 saturated heterocycles. The van der Waals surface area contributed by atoms with Gasteiger partial charge in [-0.2, -0.15) is 0 Å². The number of para-hydroxylation sites is 1. The minimum atomic E-state index is -0.178. The molecular formula is C16H16INO3. The molecule has 110 valence electrons. The van der Waals surface area contributed by atoms with E-state index < -0.39 is 0 Å². The largest absolute Gasteiger partial charge is 0.493 e. The Labute approximate surface area is 137 Å². The highest BCUT2D eigenvalue weighted by Crippen LogP contribution is 2.28. The molecule has 0 saturated carbocycles. The Kier molecular flexibility index (Phi) is 5.44. The lowest BCUT2D eigenvalue weighted by Crippen LogP contribution is -2.13. The van der Waals surface area contributed by atoms with Crippen LogP contribution in [0.1, 0.15) is 17.3 Å². The monoisotopic (exact) mass is 397 g/mol. The molecule has 0 unspecified atom stereocenters. The van der Waals surface area contributed by atoms with Crippen molar-refractivity contribution in [1.82, 2.24) is 0 Å². The first-order valence-electron chi connectivity index (χ1n) is 6.52. The average Bonchev–Trinajstić information content (AvgIpc) is 2.50. The molecule has 0 bridgehead atoms. The quantitative estimate of drug-likeness (QED) is 0.778. The smallest absolute Gasteiger partial charge is 0.255 e. The van der Waals surface area contributed by atoms with Gasteiger partial charge in [0.25, 0.3) is 5.91 Å². The maximum atomic E-state index is 12.3. The fraction of sp³-hybridized carbons (Fsp3) is 0.188. The number of rotatable bonds is 5. The average molecular weight is 397 g/mol. The fourth-order valence-corrected chi connectivity index (χ4v) is 2.37. The topological polar surface area (TPSA) is 47.6 Å². The van der Waals surface area contributed by atoms with Crippen molar-refractivity contribution in [2.75, 3.05) is 19.0 Å². The van der Waals surface area contributed by atoms with Crippen LogP contribution in [-0.4, -0.2) is 19.6 Å². The van der Waals surface area contributed by atoms with E-state index in [1.165, 1.54) is 0 Å². The Hall–Kier alpha value is -1.76. The summed E-state index contributed by atoms with van der Waals surface area (Å²) in [6.07, 6.45) is 0. The number of amides is 1. The lowest BCUT2D eigenvalue weighted by molar-refractivity contribution is 0.102. The third-order valence-corrected chi connectivity index (χ3v) is 3.79. The molecule has 2 rings (SSSR count). The van der Waals surface area contributed by atoms with Gasteiger partial charge >= 0.3 is 0 Å². The fourth-order valence-electron chi connectivity index (χ4n) is 1.84. The van der Waals surface area contributed by atoms with Crippen molar-refractivity contribution in [3.05, 3.63) is 51.6 Å². The van der Waals surface area contributed by atoms with Crippen molar-refractivity contribution in [1.29, 1.82) is 0 Å². The second-order valence-corrected chi connectivity index (χ2v) is 5.39. The summed E-state index contributed by atoms with van der Waals surface area (Å²) in [6, 6.07) is 12.8. The maximum absolute atomic E-state index is 12.3. The summed E-state index contributed by atoms with van der Waals surface area (Å²) in [6.45, 7) is 2.40. The summed E-state index contributed by atoms with van der Waals surface area (Å²) in [5.74, 6) is 1.00. The van der Waals surface area contributed by atoms with Crippen molar-refractivity contribution < 1.29 is 14.3 Å². The van der Waals surface area contributed by atoms with Crippen molar-refractivity contribution >= 4 is 34.2 Å². The molecule has 0 aliphatic carbocycles. The first kappa shape index (κ1) is 15.6.